The first-order valence-corrected chi connectivity index (χ1v) is 5.65. The number of nitrogens with zero attached hydrogens (tertiary/aromatic N) is 2. The molecule has 0 aliphatic heterocycles. The summed E-state index contributed by atoms with van der Waals surface area (Å²) in [5, 5.41) is 0. The van der Waals surface area contributed by atoms with Crippen molar-refractivity contribution in [1.29, 1.82) is 0 Å². The molecule has 19 heavy (non-hydrogen) atoms. The molecule has 0 fully saturated rings. The molecule has 0 aliphatic rings. The van der Waals surface area contributed by atoms with Crippen LogP contribution >= 0.6 is 0 Å². The molecule has 0 saturated carbocycles. The second-order valence-corrected chi connectivity index (χ2v) is 4.07. The maximum absolute atomic E-state index is 13.1. The average molecular weight is 265 g/mol. The van der Waals surface area contributed by atoms with Crippen molar-refractivity contribution in [2.45, 2.75) is 12.5 Å². The highest BCUT2D eigenvalue weighted by atomic mass is 19.1. The number of hydrogen-bond acceptors (Lipinski definition) is 4. The number of aromatic nitrogens is 2. The molecule has 100 valence electrons. The summed E-state index contributed by atoms with van der Waals surface area (Å²) in [6, 6.07) is 4.32. The van der Waals surface area contributed by atoms with Gasteiger partial charge >= 0.3 is 0 Å². The lowest BCUT2D eigenvalue weighted by Gasteiger charge is -2.12. The number of benzene rings is 1. The molecular formula is C13H13F2N3O. The zero-order chi connectivity index (χ0) is 13.8. The van der Waals surface area contributed by atoms with E-state index < -0.39 is 17.7 Å². The molecule has 0 bridgehead atoms. The quantitative estimate of drug-likeness (QED) is 0.918. The number of nitrogens with two attached hydrogens (primary N) is 1. The second kappa shape index (κ2) is 5.71. The van der Waals surface area contributed by atoms with Crippen LogP contribution in [-0.2, 0) is 6.42 Å². The molecule has 1 atom stereocenters. The molecule has 0 amide bonds. The Labute approximate surface area is 109 Å². The van der Waals surface area contributed by atoms with Crippen LogP contribution in [0.25, 0.3) is 0 Å². The van der Waals surface area contributed by atoms with Crippen LogP contribution in [0.5, 0.6) is 5.88 Å². The van der Waals surface area contributed by atoms with Gasteiger partial charge in [-0.15, -0.1) is 0 Å². The van der Waals surface area contributed by atoms with Crippen molar-refractivity contribution in [2.24, 2.45) is 5.73 Å². The maximum Gasteiger partial charge on any atom is 0.216 e. The van der Waals surface area contributed by atoms with Gasteiger partial charge in [-0.25, -0.2) is 18.7 Å². The third-order valence-corrected chi connectivity index (χ3v) is 2.65. The van der Waals surface area contributed by atoms with Crippen LogP contribution in [0.2, 0.25) is 0 Å². The normalized spacial score (nSPS) is 12.2. The van der Waals surface area contributed by atoms with E-state index in [0.29, 0.717) is 23.6 Å². The van der Waals surface area contributed by atoms with Crippen LogP contribution < -0.4 is 10.5 Å². The van der Waals surface area contributed by atoms with Gasteiger partial charge < -0.3 is 10.5 Å². The molecule has 2 aromatic rings. The molecule has 0 saturated heterocycles. The van der Waals surface area contributed by atoms with Gasteiger partial charge in [0.2, 0.25) is 5.88 Å². The maximum atomic E-state index is 13.1. The Morgan fingerprint density at radius 1 is 1.16 bits per heavy atom. The molecular weight excluding hydrogens is 252 g/mol. The molecule has 1 aromatic heterocycles. The molecule has 2 N–H and O–H groups in total. The van der Waals surface area contributed by atoms with Gasteiger partial charge in [0.1, 0.15) is 18.0 Å². The minimum atomic E-state index is -0.647. The van der Waals surface area contributed by atoms with Gasteiger partial charge in [0.05, 0.1) is 7.11 Å². The largest absolute Gasteiger partial charge is 0.481 e. The van der Waals surface area contributed by atoms with Crippen LogP contribution in [0.3, 0.4) is 0 Å². The summed E-state index contributed by atoms with van der Waals surface area (Å²) < 4.78 is 31.2. The first kappa shape index (κ1) is 13.4. The van der Waals surface area contributed by atoms with Gasteiger partial charge in [0, 0.05) is 30.3 Å². The first-order chi connectivity index (χ1) is 9.08. The average Bonchev–Trinajstić information content (AvgIpc) is 2.37. The molecule has 1 heterocycles. The Morgan fingerprint density at radius 2 is 1.84 bits per heavy atom. The van der Waals surface area contributed by atoms with Crippen molar-refractivity contribution in [3.05, 3.63) is 53.5 Å². The predicted molar refractivity (Wildman–Crippen MR) is 65.6 cm³/mol. The summed E-state index contributed by atoms with van der Waals surface area (Å²) in [6.07, 6.45) is 1.69. The lowest BCUT2D eigenvalue weighted by atomic mass is 10.0. The second-order valence-electron chi connectivity index (χ2n) is 4.07. The summed E-state index contributed by atoms with van der Waals surface area (Å²) in [4.78, 5) is 7.91. The van der Waals surface area contributed by atoms with Crippen molar-refractivity contribution in [3.8, 4) is 5.88 Å². The van der Waals surface area contributed by atoms with E-state index in [2.05, 4.69) is 9.97 Å². The summed E-state index contributed by atoms with van der Waals surface area (Å²) in [7, 11) is 1.49. The SMILES string of the molecule is COc1cc(CC(N)c2cc(F)cc(F)c2)ncn1. The Morgan fingerprint density at radius 3 is 2.47 bits per heavy atom. The minimum Gasteiger partial charge on any atom is -0.481 e. The number of hydrogen-bond donors (Lipinski definition) is 1. The highest BCUT2D eigenvalue weighted by Crippen LogP contribution is 2.18. The van der Waals surface area contributed by atoms with Crippen molar-refractivity contribution in [3.63, 3.8) is 0 Å². The van der Waals surface area contributed by atoms with Gasteiger partial charge in [0.25, 0.3) is 0 Å². The standard InChI is InChI=1S/C13H13F2N3O/c1-19-13-6-11(17-7-18-13)5-12(16)8-2-9(14)4-10(15)3-8/h2-4,6-7,12H,5,16H2,1H3. The van der Waals surface area contributed by atoms with E-state index in [1.807, 2.05) is 0 Å². The number of methoxy groups -OCH3 is 1. The molecule has 4 nitrogen and oxygen atoms in total. The zero-order valence-electron chi connectivity index (χ0n) is 10.3. The van der Waals surface area contributed by atoms with Gasteiger partial charge in [-0.05, 0) is 17.7 Å². The van der Waals surface area contributed by atoms with Crippen LogP contribution in [0, 0.1) is 11.6 Å². The fourth-order valence-corrected chi connectivity index (χ4v) is 1.73. The summed E-state index contributed by atoms with van der Waals surface area (Å²) in [6.45, 7) is 0. The molecule has 0 aliphatic carbocycles. The fourth-order valence-electron chi connectivity index (χ4n) is 1.73. The van der Waals surface area contributed by atoms with Crippen LogP contribution in [0.1, 0.15) is 17.3 Å². The zero-order valence-corrected chi connectivity index (χ0v) is 10.3. The van der Waals surface area contributed by atoms with Crippen LogP contribution in [0.15, 0.2) is 30.6 Å². The van der Waals surface area contributed by atoms with Crippen LogP contribution in [-0.4, -0.2) is 17.1 Å². The lowest BCUT2D eigenvalue weighted by Crippen LogP contribution is -2.15. The Hall–Kier alpha value is -2.08. The van der Waals surface area contributed by atoms with E-state index >= 15 is 0 Å². The molecule has 6 heteroatoms. The third-order valence-electron chi connectivity index (χ3n) is 2.65. The molecule has 0 radical (unpaired) electrons. The van der Waals surface area contributed by atoms with Gasteiger partial charge in [-0.2, -0.15) is 0 Å². The fraction of sp³-hybridized carbons (Fsp3) is 0.231. The number of ether oxygens (including phenoxy) is 1. The van der Waals surface area contributed by atoms with Crippen molar-refractivity contribution >= 4 is 0 Å². The smallest absolute Gasteiger partial charge is 0.216 e. The highest BCUT2D eigenvalue weighted by Gasteiger charge is 2.11. The van der Waals surface area contributed by atoms with E-state index in [-0.39, 0.29) is 0 Å². The topological polar surface area (TPSA) is 61.0 Å². The van der Waals surface area contributed by atoms with Gasteiger partial charge in [-0.3, -0.25) is 0 Å². The van der Waals surface area contributed by atoms with E-state index in [1.54, 1.807) is 6.07 Å². The van der Waals surface area contributed by atoms with E-state index in [1.165, 1.54) is 25.6 Å². The van der Waals surface area contributed by atoms with E-state index in [0.717, 1.165) is 6.07 Å². The summed E-state index contributed by atoms with van der Waals surface area (Å²) in [5.41, 5.74) is 6.95. The Bertz CT molecular complexity index is 557. The Balaban J connectivity index is 2.17. The van der Waals surface area contributed by atoms with Crippen molar-refractivity contribution in [1.82, 2.24) is 9.97 Å². The Kier molecular flexibility index (Phi) is 4.01. The van der Waals surface area contributed by atoms with E-state index in [4.69, 9.17) is 10.5 Å². The minimum absolute atomic E-state index is 0.335. The third kappa shape index (κ3) is 3.45. The number of halogens is 2. The summed E-state index contributed by atoms with van der Waals surface area (Å²) >= 11 is 0. The van der Waals surface area contributed by atoms with Crippen molar-refractivity contribution in [2.75, 3.05) is 7.11 Å². The van der Waals surface area contributed by atoms with Gasteiger partial charge in [-0.1, -0.05) is 0 Å². The van der Waals surface area contributed by atoms with E-state index in [9.17, 15) is 8.78 Å². The van der Waals surface area contributed by atoms with Crippen molar-refractivity contribution < 1.29 is 13.5 Å². The predicted octanol–water partition coefficient (Wildman–Crippen LogP) is 2.01. The monoisotopic (exact) mass is 265 g/mol. The molecule has 0 spiro atoms. The molecule has 2 rings (SSSR count). The summed E-state index contributed by atoms with van der Waals surface area (Å²) in [5.74, 6) is -0.876. The highest BCUT2D eigenvalue weighted by molar-refractivity contribution is 5.23. The molecule has 1 unspecified atom stereocenters. The first-order valence-electron chi connectivity index (χ1n) is 5.65. The van der Waals surface area contributed by atoms with Crippen LogP contribution in [0.4, 0.5) is 8.78 Å². The molecule has 1 aromatic carbocycles. The lowest BCUT2D eigenvalue weighted by molar-refractivity contribution is 0.395. The number of rotatable bonds is 4. The van der Waals surface area contributed by atoms with Gasteiger partial charge in [0.15, 0.2) is 0 Å².